The van der Waals surface area contributed by atoms with Crippen molar-refractivity contribution in [2.45, 2.75) is 26.3 Å². The van der Waals surface area contributed by atoms with E-state index in [-0.39, 0.29) is 11.9 Å². The molecule has 3 heteroatoms. The van der Waals surface area contributed by atoms with Gasteiger partial charge in [0.05, 0.1) is 0 Å². The minimum absolute atomic E-state index is 0.0907. The molecule has 0 aliphatic carbocycles. The Balaban J connectivity index is 2.94. The Bertz CT molecular complexity index is 294. The van der Waals surface area contributed by atoms with Gasteiger partial charge in [-0.1, -0.05) is 36.2 Å². The smallest absolute Gasteiger partial charge is 0.124 e. The quantitative estimate of drug-likeness (QED) is 0.882. The lowest BCUT2D eigenvalue weighted by Crippen LogP contribution is -2.18. The molecule has 14 heavy (non-hydrogen) atoms. The van der Waals surface area contributed by atoms with Crippen molar-refractivity contribution in [3.63, 3.8) is 0 Å². The van der Waals surface area contributed by atoms with Crippen LogP contribution in [0.3, 0.4) is 0 Å². The molecule has 0 aliphatic rings. The third-order valence-electron chi connectivity index (χ3n) is 2.53. The summed E-state index contributed by atoms with van der Waals surface area (Å²) < 4.78 is 13.8. The second kappa shape index (κ2) is 4.89. The summed E-state index contributed by atoms with van der Waals surface area (Å²) in [5, 5.41) is 0. The molecular formula is C11H15BrFN. The third kappa shape index (κ3) is 2.79. The van der Waals surface area contributed by atoms with Gasteiger partial charge in [-0.15, -0.1) is 0 Å². The predicted molar refractivity (Wildman–Crippen MR) is 60.5 cm³/mol. The minimum Gasteiger partial charge on any atom is -0.324 e. The fourth-order valence-corrected chi connectivity index (χ4v) is 1.83. The molecule has 1 aromatic carbocycles. The van der Waals surface area contributed by atoms with E-state index in [0.29, 0.717) is 5.92 Å². The summed E-state index contributed by atoms with van der Waals surface area (Å²) in [5.41, 5.74) is 6.85. The van der Waals surface area contributed by atoms with Gasteiger partial charge in [-0.3, -0.25) is 0 Å². The van der Waals surface area contributed by atoms with Crippen LogP contribution in [-0.2, 0) is 0 Å². The summed E-state index contributed by atoms with van der Waals surface area (Å²) in [7, 11) is 0. The lowest BCUT2D eigenvalue weighted by Gasteiger charge is -2.18. The van der Waals surface area contributed by atoms with Crippen LogP contribution in [0.15, 0.2) is 22.7 Å². The lowest BCUT2D eigenvalue weighted by molar-refractivity contribution is 0.454. The van der Waals surface area contributed by atoms with Gasteiger partial charge >= 0.3 is 0 Å². The topological polar surface area (TPSA) is 26.0 Å². The Morgan fingerprint density at radius 2 is 2.07 bits per heavy atom. The highest BCUT2D eigenvalue weighted by molar-refractivity contribution is 9.10. The Kier molecular flexibility index (Phi) is 4.08. The average Bonchev–Trinajstić information content (AvgIpc) is 2.14. The van der Waals surface area contributed by atoms with Crippen molar-refractivity contribution >= 4 is 15.9 Å². The van der Waals surface area contributed by atoms with Crippen LogP contribution in [-0.4, -0.2) is 0 Å². The molecule has 0 heterocycles. The third-order valence-corrected chi connectivity index (χ3v) is 2.98. The molecule has 1 unspecified atom stereocenters. The van der Waals surface area contributed by atoms with Crippen LogP contribution in [0.1, 0.15) is 31.9 Å². The zero-order chi connectivity index (χ0) is 10.7. The van der Waals surface area contributed by atoms with Crippen LogP contribution in [0.4, 0.5) is 4.39 Å². The van der Waals surface area contributed by atoms with Crippen molar-refractivity contribution in [2.24, 2.45) is 11.7 Å². The average molecular weight is 260 g/mol. The normalized spacial score (nSPS) is 15.2. The Morgan fingerprint density at radius 1 is 1.43 bits per heavy atom. The molecule has 0 spiro atoms. The van der Waals surface area contributed by atoms with Crippen molar-refractivity contribution in [3.8, 4) is 0 Å². The molecule has 0 fully saturated rings. The molecular weight excluding hydrogens is 245 g/mol. The first-order valence-electron chi connectivity index (χ1n) is 4.76. The monoisotopic (exact) mass is 259 g/mol. The van der Waals surface area contributed by atoms with Crippen molar-refractivity contribution in [1.29, 1.82) is 0 Å². The van der Waals surface area contributed by atoms with Crippen molar-refractivity contribution < 1.29 is 4.39 Å². The molecule has 78 valence electrons. The van der Waals surface area contributed by atoms with Gasteiger partial charge in [-0.25, -0.2) is 4.39 Å². The van der Waals surface area contributed by atoms with Gasteiger partial charge in [0.15, 0.2) is 0 Å². The first-order valence-corrected chi connectivity index (χ1v) is 5.55. The summed E-state index contributed by atoms with van der Waals surface area (Å²) in [6.07, 6.45) is 0.995. The van der Waals surface area contributed by atoms with Gasteiger partial charge in [0, 0.05) is 10.5 Å². The summed E-state index contributed by atoms with van der Waals surface area (Å²) in [5.74, 6) is 0.122. The molecule has 1 nitrogen and oxygen atoms in total. The standard InChI is InChI=1S/C11H15BrFN/c1-3-7(2)11(14)8-4-9(12)6-10(13)5-8/h4-7,11H,3,14H2,1-2H3/t7?,11-/m0/s1. The SMILES string of the molecule is CCC(C)[C@H](N)c1cc(F)cc(Br)c1. The van der Waals surface area contributed by atoms with Crippen molar-refractivity contribution in [2.75, 3.05) is 0 Å². The van der Waals surface area contributed by atoms with E-state index >= 15 is 0 Å². The van der Waals surface area contributed by atoms with E-state index < -0.39 is 0 Å². The molecule has 1 rings (SSSR count). The number of halogens is 2. The van der Waals surface area contributed by atoms with Crippen LogP contribution < -0.4 is 5.73 Å². The first kappa shape index (κ1) is 11.7. The van der Waals surface area contributed by atoms with Gasteiger partial charge in [-0.05, 0) is 29.7 Å². The summed E-state index contributed by atoms with van der Waals surface area (Å²) >= 11 is 3.26. The number of hydrogen-bond acceptors (Lipinski definition) is 1. The summed E-state index contributed by atoms with van der Waals surface area (Å²) in [6, 6.07) is 4.72. The van der Waals surface area contributed by atoms with Gasteiger partial charge in [0.1, 0.15) is 5.82 Å². The summed E-state index contributed by atoms with van der Waals surface area (Å²) in [4.78, 5) is 0. The van der Waals surface area contributed by atoms with Crippen LogP contribution in [0.2, 0.25) is 0 Å². The highest BCUT2D eigenvalue weighted by Gasteiger charge is 2.14. The maximum Gasteiger partial charge on any atom is 0.124 e. The van der Waals surface area contributed by atoms with E-state index in [2.05, 4.69) is 29.8 Å². The van der Waals surface area contributed by atoms with E-state index in [0.717, 1.165) is 16.5 Å². The molecule has 0 bridgehead atoms. The molecule has 1 aromatic rings. The maximum atomic E-state index is 13.1. The predicted octanol–water partition coefficient (Wildman–Crippen LogP) is 3.63. The molecule has 0 aliphatic heterocycles. The number of benzene rings is 1. The Hall–Kier alpha value is -0.410. The van der Waals surface area contributed by atoms with Gasteiger partial charge in [0.2, 0.25) is 0 Å². The fraction of sp³-hybridized carbons (Fsp3) is 0.455. The number of rotatable bonds is 3. The van der Waals surface area contributed by atoms with E-state index in [1.54, 1.807) is 0 Å². The highest BCUT2D eigenvalue weighted by atomic mass is 79.9. The van der Waals surface area contributed by atoms with Crippen LogP contribution >= 0.6 is 15.9 Å². The molecule has 0 saturated heterocycles. The van der Waals surface area contributed by atoms with Crippen LogP contribution in [0.5, 0.6) is 0 Å². The summed E-state index contributed by atoms with van der Waals surface area (Å²) in [6.45, 7) is 4.16. The zero-order valence-corrected chi connectivity index (χ0v) is 10.0. The first-order chi connectivity index (χ1) is 6.54. The van der Waals surface area contributed by atoms with E-state index in [1.807, 2.05) is 6.07 Å². The Morgan fingerprint density at radius 3 is 2.57 bits per heavy atom. The lowest BCUT2D eigenvalue weighted by atomic mass is 9.93. The second-order valence-electron chi connectivity index (χ2n) is 3.61. The van der Waals surface area contributed by atoms with E-state index in [4.69, 9.17) is 5.73 Å². The fourth-order valence-electron chi connectivity index (χ4n) is 1.35. The maximum absolute atomic E-state index is 13.1. The second-order valence-corrected chi connectivity index (χ2v) is 4.53. The molecule has 0 radical (unpaired) electrons. The van der Waals surface area contributed by atoms with E-state index in [1.165, 1.54) is 12.1 Å². The van der Waals surface area contributed by atoms with Crippen molar-refractivity contribution in [3.05, 3.63) is 34.1 Å². The zero-order valence-electron chi connectivity index (χ0n) is 8.43. The van der Waals surface area contributed by atoms with E-state index in [9.17, 15) is 4.39 Å². The molecule has 0 saturated carbocycles. The largest absolute Gasteiger partial charge is 0.324 e. The number of nitrogens with two attached hydrogens (primary N) is 1. The van der Waals surface area contributed by atoms with Gasteiger partial charge in [0.25, 0.3) is 0 Å². The highest BCUT2D eigenvalue weighted by Crippen LogP contribution is 2.25. The van der Waals surface area contributed by atoms with Crippen LogP contribution in [0.25, 0.3) is 0 Å². The van der Waals surface area contributed by atoms with Gasteiger partial charge < -0.3 is 5.73 Å². The number of hydrogen-bond donors (Lipinski definition) is 1. The van der Waals surface area contributed by atoms with Crippen LogP contribution in [0, 0.1) is 11.7 Å². The molecule has 0 amide bonds. The Labute approximate surface area is 92.6 Å². The molecule has 0 aromatic heterocycles. The van der Waals surface area contributed by atoms with Gasteiger partial charge in [-0.2, -0.15) is 0 Å². The molecule has 2 atom stereocenters. The molecule has 2 N–H and O–H groups in total. The van der Waals surface area contributed by atoms with Crippen molar-refractivity contribution in [1.82, 2.24) is 0 Å². The minimum atomic E-state index is -0.242.